The Labute approximate surface area is 151 Å². The van der Waals surface area contributed by atoms with E-state index in [0.717, 1.165) is 40.1 Å². The predicted molar refractivity (Wildman–Crippen MR) is 101 cm³/mol. The maximum absolute atomic E-state index is 13.0. The first kappa shape index (κ1) is 17.5. The van der Waals surface area contributed by atoms with E-state index < -0.39 is 0 Å². The molecule has 3 rings (SSSR count). The van der Waals surface area contributed by atoms with Crippen LogP contribution in [-0.2, 0) is 12.3 Å². The van der Waals surface area contributed by atoms with Crippen LogP contribution < -0.4 is 4.90 Å². The Bertz CT molecular complexity index is 826. The lowest BCUT2D eigenvalue weighted by atomic mass is 10.2. The summed E-state index contributed by atoms with van der Waals surface area (Å²) in [6.45, 7) is 2.88. The second-order valence-electron chi connectivity index (χ2n) is 5.91. The molecule has 0 bridgehead atoms. The smallest absolute Gasteiger partial charge is 0.191 e. The summed E-state index contributed by atoms with van der Waals surface area (Å²) in [5.41, 5.74) is 3.26. The summed E-state index contributed by atoms with van der Waals surface area (Å²) < 4.78 is 15.1. The van der Waals surface area contributed by atoms with Gasteiger partial charge in [-0.05, 0) is 48.9 Å². The second kappa shape index (κ2) is 7.70. The van der Waals surface area contributed by atoms with Crippen LogP contribution in [0.2, 0.25) is 0 Å². The van der Waals surface area contributed by atoms with Gasteiger partial charge in [0.1, 0.15) is 5.82 Å². The van der Waals surface area contributed by atoms with Crippen molar-refractivity contribution < 1.29 is 4.39 Å². The van der Waals surface area contributed by atoms with Crippen LogP contribution >= 0.6 is 11.8 Å². The van der Waals surface area contributed by atoms with E-state index in [0.29, 0.717) is 0 Å². The molecule has 130 valence electrons. The molecule has 0 aliphatic rings. The first-order valence-electron chi connectivity index (χ1n) is 8.16. The molecule has 0 unspecified atom stereocenters. The number of halogens is 1. The standard InChI is InChI=1S/C19H21FN4S/c1-4-24-18(15-7-11-17(12-8-15)23(2)3)21-22-19(24)25-13-14-5-9-16(20)10-6-14/h5-12H,4,13H2,1-3H3. The zero-order valence-electron chi connectivity index (χ0n) is 14.6. The monoisotopic (exact) mass is 356 g/mol. The Balaban J connectivity index is 1.79. The minimum Gasteiger partial charge on any atom is -0.378 e. The molecule has 2 aromatic carbocycles. The van der Waals surface area contributed by atoms with Gasteiger partial charge >= 0.3 is 0 Å². The maximum atomic E-state index is 13.0. The molecule has 3 aromatic rings. The minimum absolute atomic E-state index is 0.214. The fourth-order valence-electron chi connectivity index (χ4n) is 2.53. The van der Waals surface area contributed by atoms with Crippen molar-refractivity contribution in [2.75, 3.05) is 19.0 Å². The molecule has 0 fully saturated rings. The molecule has 0 saturated carbocycles. The summed E-state index contributed by atoms with van der Waals surface area (Å²) in [6, 6.07) is 14.9. The number of aromatic nitrogens is 3. The number of nitrogens with zero attached hydrogens (tertiary/aromatic N) is 4. The van der Waals surface area contributed by atoms with Gasteiger partial charge in [0.25, 0.3) is 0 Å². The zero-order chi connectivity index (χ0) is 17.8. The highest BCUT2D eigenvalue weighted by Crippen LogP contribution is 2.27. The number of rotatable bonds is 6. The molecule has 6 heteroatoms. The molecule has 1 heterocycles. The van der Waals surface area contributed by atoms with Gasteiger partial charge in [-0.3, -0.25) is 0 Å². The van der Waals surface area contributed by atoms with Gasteiger partial charge in [0.15, 0.2) is 11.0 Å². The van der Waals surface area contributed by atoms with Gasteiger partial charge in [-0.15, -0.1) is 10.2 Å². The average molecular weight is 356 g/mol. The molecule has 0 aliphatic heterocycles. The number of hydrogen-bond acceptors (Lipinski definition) is 4. The normalized spacial score (nSPS) is 10.9. The number of thioether (sulfide) groups is 1. The first-order valence-corrected chi connectivity index (χ1v) is 9.15. The molecule has 0 spiro atoms. The van der Waals surface area contributed by atoms with Crippen molar-refractivity contribution in [1.29, 1.82) is 0 Å². The SMILES string of the molecule is CCn1c(SCc2ccc(F)cc2)nnc1-c1ccc(N(C)C)cc1. The largest absolute Gasteiger partial charge is 0.378 e. The van der Waals surface area contributed by atoms with E-state index in [1.807, 2.05) is 14.1 Å². The van der Waals surface area contributed by atoms with E-state index >= 15 is 0 Å². The quantitative estimate of drug-likeness (QED) is 0.611. The highest BCUT2D eigenvalue weighted by atomic mass is 32.2. The number of benzene rings is 2. The Kier molecular flexibility index (Phi) is 5.38. The van der Waals surface area contributed by atoms with E-state index in [2.05, 4.69) is 50.9 Å². The summed E-state index contributed by atoms with van der Waals surface area (Å²) in [5.74, 6) is 1.39. The van der Waals surface area contributed by atoms with Crippen LogP contribution in [0.4, 0.5) is 10.1 Å². The lowest BCUT2D eigenvalue weighted by Crippen LogP contribution is -2.08. The van der Waals surface area contributed by atoms with Gasteiger partial charge in [0, 0.05) is 37.6 Å². The molecule has 4 nitrogen and oxygen atoms in total. The molecule has 0 saturated heterocycles. The first-order chi connectivity index (χ1) is 12.1. The average Bonchev–Trinajstić information content (AvgIpc) is 3.04. The van der Waals surface area contributed by atoms with Crippen LogP contribution in [0, 0.1) is 5.82 Å². The lowest BCUT2D eigenvalue weighted by molar-refractivity contribution is 0.627. The molecule has 0 N–H and O–H groups in total. The van der Waals surface area contributed by atoms with E-state index in [4.69, 9.17) is 0 Å². The zero-order valence-corrected chi connectivity index (χ0v) is 15.4. The minimum atomic E-state index is -0.214. The van der Waals surface area contributed by atoms with E-state index in [1.165, 1.54) is 12.1 Å². The third kappa shape index (κ3) is 4.02. The van der Waals surface area contributed by atoms with Crippen LogP contribution in [0.5, 0.6) is 0 Å². The van der Waals surface area contributed by atoms with Crippen molar-refractivity contribution in [3.8, 4) is 11.4 Å². The maximum Gasteiger partial charge on any atom is 0.191 e. The Morgan fingerprint density at radius 1 is 1.00 bits per heavy atom. The van der Waals surface area contributed by atoms with Crippen molar-refractivity contribution in [2.45, 2.75) is 24.4 Å². The highest BCUT2D eigenvalue weighted by Gasteiger charge is 2.13. The van der Waals surface area contributed by atoms with Crippen LogP contribution in [0.1, 0.15) is 12.5 Å². The van der Waals surface area contributed by atoms with Gasteiger partial charge in [0.2, 0.25) is 0 Å². The van der Waals surface area contributed by atoms with Gasteiger partial charge in [-0.1, -0.05) is 23.9 Å². The third-order valence-corrected chi connectivity index (χ3v) is 4.99. The van der Waals surface area contributed by atoms with Crippen molar-refractivity contribution in [3.05, 3.63) is 59.9 Å². The van der Waals surface area contributed by atoms with Gasteiger partial charge < -0.3 is 9.47 Å². The Morgan fingerprint density at radius 2 is 1.68 bits per heavy atom. The molecular weight excluding hydrogens is 335 g/mol. The van der Waals surface area contributed by atoms with Crippen LogP contribution in [0.25, 0.3) is 11.4 Å². The van der Waals surface area contributed by atoms with E-state index in [9.17, 15) is 4.39 Å². The van der Waals surface area contributed by atoms with Crippen molar-refractivity contribution >= 4 is 17.4 Å². The van der Waals surface area contributed by atoms with Crippen LogP contribution in [-0.4, -0.2) is 28.9 Å². The van der Waals surface area contributed by atoms with Crippen molar-refractivity contribution in [2.24, 2.45) is 0 Å². The Morgan fingerprint density at radius 3 is 2.28 bits per heavy atom. The fourth-order valence-corrected chi connectivity index (χ4v) is 3.49. The molecule has 0 aliphatic carbocycles. The lowest BCUT2D eigenvalue weighted by Gasteiger charge is -2.13. The number of hydrogen-bond donors (Lipinski definition) is 0. The van der Waals surface area contributed by atoms with Crippen LogP contribution in [0.3, 0.4) is 0 Å². The Hall–Kier alpha value is -2.34. The van der Waals surface area contributed by atoms with Crippen molar-refractivity contribution in [1.82, 2.24) is 14.8 Å². The van der Waals surface area contributed by atoms with E-state index in [1.54, 1.807) is 23.9 Å². The van der Waals surface area contributed by atoms with Gasteiger partial charge in [-0.25, -0.2) is 4.39 Å². The summed E-state index contributed by atoms with van der Waals surface area (Å²) in [6.07, 6.45) is 0. The molecule has 0 radical (unpaired) electrons. The molecule has 0 atom stereocenters. The predicted octanol–water partition coefficient (Wildman–Crippen LogP) is 4.46. The van der Waals surface area contributed by atoms with Crippen LogP contribution in [0.15, 0.2) is 53.7 Å². The van der Waals surface area contributed by atoms with Gasteiger partial charge in [-0.2, -0.15) is 0 Å². The highest BCUT2D eigenvalue weighted by molar-refractivity contribution is 7.98. The summed E-state index contributed by atoms with van der Waals surface area (Å²) >= 11 is 1.61. The summed E-state index contributed by atoms with van der Waals surface area (Å²) in [5, 5.41) is 9.60. The van der Waals surface area contributed by atoms with E-state index in [-0.39, 0.29) is 5.82 Å². The summed E-state index contributed by atoms with van der Waals surface area (Å²) in [4.78, 5) is 2.07. The van der Waals surface area contributed by atoms with Crippen molar-refractivity contribution in [3.63, 3.8) is 0 Å². The van der Waals surface area contributed by atoms with Gasteiger partial charge in [0.05, 0.1) is 0 Å². The topological polar surface area (TPSA) is 34.0 Å². The second-order valence-corrected chi connectivity index (χ2v) is 6.85. The third-order valence-electron chi connectivity index (χ3n) is 3.96. The molecular formula is C19H21FN4S. The summed E-state index contributed by atoms with van der Waals surface area (Å²) in [7, 11) is 4.04. The molecule has 1 aromatic heterocycles. The fraction of sp³-hybridized carbons (Fsp3) is 0.263. The molecule has 25 heavy (non-hydrogen) atoms. The molecule has 0 amide bonds. The number of anilines is 1.